The molecule has 140 valence electrons. The highest BCUT2D eigenvalue weighted by Gasteiger charge is 2.17. The Morgan fingerprint density at radius 1 is 1.11 bits per heavy atom. The van der Waals surface area contributed by atoms with Crippen molar-refractivity contribution in [2.24, 2.45) is 0 Å². The number of ether oxygens (including phenoxy) is 1. The summed E-state index contributed by atoms with van der Waals surface area (Å²) in [4.78, 5) is 0. The van der Waals surface area contributed by atoms with Crippen molar-refractivity contribution in [3.63, 3.8) is 0 Å². The number of halogens is 2. The molecule has 27 heavy (non-hydrogen) atoms. The van der Waals surface area contributed by atoms with E-state index in [1.807, 2.05) is 60.0 Å². The van der Waals surface area contributed by atoms with Gasteiger partial charge in [0.05, 0.1) is 12.2 Å². The molecule has 0 spiro atoms. The van der Waals surface area contributed by atoms with Crippen LogP contribution in [0.4, 0.5) is 0 Å². The van der Waals surface area contributed by atoms with Gasteiger partial charge >= 0.3 is 0 Å². The average Bonchev–Trinajstić information content (AvgIpc) is 3.05. The Hall–Kier alpha value is -1.95. The van der Waals surface area contributed by atoms with Crippen LogP contribution in [-0.4, -0.2) is 21.4 Å². The molecule has 0 amide bonds. The summed E-state index contributed by atoms with van der Waals surface area (Å²) < 4.78 is 7.76. The molecule has 0 aliphatic heterocycles. The Morgan fingerprint density at radius 3 is 2.56 bits per heavy atom. The summed E-state index contributed by atoms with van der Waals surface area (Å²) in [7, 11) is 0. The highest BCUT2D eigenvalue weighted by atomic mass is 35.5. The molecule has 2 aromatic carbocycles. The Labute approximate surface area is 173 Å². The molecule has 3 aromatic rings. The first-order chi connectivity index (χ1) is 13.2. The number of hydrogen-bond acceptors (Lipinski definition) is 4. The molecular formula is C20H19Cl2N3OS. The van der Waals surface area contributed by atoms with Crippen LogP contribution in [-0.2, 0) is 12.3 Å². The lowest BCUT2D eigenvalue weighted by atomic mass is 10.2. The first-order valence-electron chi connectivity index (χ1n) is 8.47. The second kappa shape index (κ2) is 9.31. The standard InChI is InChI=1S/C20H19Cl2N3OS/c1-3-12-25-19(14-8-5-6-11-18(14)26-4-2)23-24-20(25)27-13-15-16(21)9-7-10-17(15)22/h3,5-11H,1,4,12-13H2,2H3. The van der Waals surface area contributed by atoms with E-state index in [1.165, 1.54) is 11.8 Å². The molecule has 0 atom stereocenters. The maximum atomic E-state index is 6.28. The monoisotopic (exact) mass is 419 g/mol. The summed E-state index contributed by atoms with van der Waals surface area (Å²) in [6, 6.07) is 13.3. The van der Waals surface area contributed by atoms with Gasteiger partial charge < -0.3 is 4.74 Å². The number of nitrogens with zero attached hydrogens (tertiary/aromatic N) is 3. The van der Waals surface area contributed by atoms with Crippen LogP contribution in [0.5, 0.6) is 5.75 Å². The smallest absolute Gasteiger partial charge is 0.192 e. The lowest BCUT2D eigenvalue weighted by Gasteiger charge is -2.12. The van der Waals surface area contributed by atoms with E-state index in [1.54, 1.807) is 0 Å². The van der Waals surface area contributed by atoms with Gasteiger partial charge in [-0.05, 0) is 36.8 Å². The third kappa shape index (κ3) is 4.49. The average molecular weight is 420 g/mol. The Morgan fingerprint density at radius 2 is 1.85 bits per heavy atom. The zero-order valence-corrected chi connectivity index (χ0v) is 17.2. The van der Waals surface area contributed by atoms with Crippen molar-refractivity contribution in [1.29, 1.82) is 0 Å². The van der Waals surface area contributed by atoms with Gasteiger partial charge in [-0.3, -0.25) is 4.57 Å². The first-order valence-corrected chi connectivity index (χ1v) is 10.2. The van der Waals surface area contributed by atoms with Crippen molar-refractivity contribution in [1.82, 2.24) is 14.8 Å². The predicted molar refractivity (Wildman–Crippen MR) is 113 cm³/mol. The molecule has 0 N–H and O–H groups in total. The second-order valence-electron chi connectivity index (χ2n) is 5.62. The fraction of sp³-hybridized carbons (Fsp3) is 0.200. The zero-order chi connectivity index (χ0) is 19.2. The summed E-state index contributed by atoms with van der Waals surface area (Å²) in [6.45, 7) is 6.98. The molecule has 0 radical (unpaired) electrons. The summed E-state index contributed by atoms with van der Waals surface area (Å²) >= 11 is 14.1. The van der Waals surface area contributed by atoms with Crippen molar-refractivity contribution in [3.05, 3.63) is 70.7 Å². The van der Waals surface area contributed by atoms with Gasteiger partial charge in [0.15, 0.2) is 11.0 Å². The maximum absolute atomic E-state index is 6.28. The zero-order valence-electron chi connectivity index (χ0n) is 14.9. The Kier molecular flexibility index (Phi) is 6.83. The largest absolute Gasteiger partial charge is 0.493 e. The number of allylic oxidation sites excluding steroid dienone is 1. The lowest BCUT2D eigenvalue weighted by molar-refractivity contribution is 0.341. The van der Waals surface area contributed by atoms with E-state index in [2.05, 4.69) is 16.8 Å². The van der Waals surface area contributed by atoms with Crippen LogP contribution >= 0.6 is 35.0 Å². The fourth-order valence-electron chi connectivity index (χ4n) is 2.63. The molecular weight excluding hydrogens is 401 g/mol. The molecule has 3 rings (SSSR count). The summed E-state index contributed by atoms with van der Waals surface area (Å²) in [5, 5.41) is 10.8. The summed E-state index contributed by atoms with van der Waals surface area (Å²) in [6.07, 6.45) is 1.82. The van der Waals surface area contributed by atoms with Crippen molar-refractivity contribution in [2.45, 2.75) is 24.4 Å². The first kappa shape index (κ1) is 19.8. The number of rotatable bonds is 8. The Bertz CT molecular complexity index is 922. The van der Waals surface area contributed by atoms with E-state index in [-0.39, 0.29) is 0 Å². The van der Waals surface area contributed by atoms with Gasteiger partial charge in [0.1, 0.15) is 5.75 Å². The number of thioether (sulfide) groups is 1. The SMILES string of the molecule is C=CCn1c(SCc2c(Cl)cccc2Cl)nnc1-c1ccccc1OCC. The van der Waals surface area contributed by atoms with Crippen LogP contribution in [0.15, 0.2) is 60.3 Å². The van der Waals surface area contributed by atoms with Gasteiger partial charge in [-0.1, -0.05) is 59.2 Å². The minimum atomic E-state index is 0.583. The van der Waals surface area contributed by atoms with Crippen LogP contribution in [0.1, 0.15) is 12.5 Å². The molecule has 7 heteroatoms. The third-order valence-corrected chi connectivity index (χ3v) is 5.57. The number of aromatic nitrogens is 3. The molecule has 4 nitrogen and oxygen atoms in total. The van der Waals surface area contributed by atoms with E-state index >= 15 is 0 Å². The fourth-order valence-corrected chi connectivity index (χ4v) is 4.32. The van der Waals surface area contributed by atoms with Crippen LogP contribution in [0.2, 0.25) is 10.0 Å². The van der Waals surface area contributed by atoms with Crippen molar-refractivity contribution in [2.75, 3.05) is 6.61 Å². The van der Waals surface area contributed by atoms with Gasteiger partial charge in [0.2, 0.25) is 0 Å². The summed E-state index contributed by atoms with van der Waals surface area (Å²) in [5.74, 6) is 2.12. The molecule has 1 aromatic heterocycles. The molecule has 0 aliphatic carbocycles. The number of benzene rings is 2. The third-order valence-electron chi connectivity index (χ3n) is 3.86. The highest BCUT2D eigenvalue weighted by Crippen LogP contribution is 2.34. The normalized spacial score (nSPS) is 10.8. The molecule has 0 unspecified atom stereocenters. The maximum Gasteiger partial charge on any atom is 0.192 e. The van der Waals surface area contributed by atoms with Gasteiger partial charge in [-0.15, -0.1) is 16.8 Å². The second-order valence-corrected chi connectivity index (χ2v) is 7.38. The van der Waals surface area contributed by atoms with Crippen LogP contribution in [0.3, 0.4) is 0 Å². The van der Waals surface area contributed by atoms with Gasteiger partial charge in [-0.2, -0.15) is 0 Å². The Balaban J connectivity index is 1.93. The molecule has 0 saturated carbocycles. The van der Waals surface area contributed by atoms with E-state index in [0.717, 1.165) is 27.9 Å². The van der Waals surface area contributed by atoms with E-state index in [9.17, 15) is 0 Å². The van der Waals surface area contributed by atoms with Gasteiger partial charge in [-0.25, -0.2) is 0 Å². The minimum absolute atomic E-state index is 0.583. The molecule has 0 fully saturated rings. The van der Waals surface area contributed by atoms with Crippen molar-refractivity contribution < 1.29 is 4.74 Å². The quantitative estimate of drug-likeness (QED) is 0.325. The summed E-state index contributed by atoms with van der Waals surface area (Å²) in [5.41, 5.74) is 1.78. The minimum Gasteiger partial charge on any atom is -0.493 e. The van der Waals surface area contributed by atoms with E-state index in [4.69, 9.17) is 27.9 Å². The number of hydrogen-bond donors (Lipinski definition) is 0. The molecule has 1 heterocycles. The topological polar surface area (TPSA) is 39.9 Å². The highest BCUT2D eigenvalue weighted by molar-refractivity contribution is 7.98. The van der Waals surface area contributed by atoms with E-state index < -0.39 is 0 Å². The van der Waals surface area contributed by atoms with E-state index in [0.29, 0.717) is 28.9 Å². The van der Waals surface area contributed by atoms with Gasteiger partial charge in [0, 0.05) is 22.3 Å². The predicted octanol–water partition coefficient (Wildman–Crippen LogP) is 6.13. The van der Waals surface area contributed by atoms with Crippen LogP contribution < -0.4 is 4.74 Å². The van der Waals surface area contributed by atoms with Crippen molar-refractivity contribution >= 4 is 35.0 Å². The lowest BCUT2D eigenvalue weighted by Crippen LogP contribution is -2.02. The van der Waals surface area contributed by atoms with Gasteiger partial charge in [0.25, 0.3) is 0 Å². The molecule has 0 saturated heterocycles. The van der Waals surface area contributed by atoms with Crippen LogP contribution in [0.25, 0.3) is 11.4 Å². The van der Waals surface area contributed by atoms with Crippen molar-refractivity contribution in [3.8, 4) is 17.1 Å². The molecule has 0 bridgehead atoms. The van der Waals surface area contributed by atoms with Crippen LogP contribution in [0, 0.1) is 0 Å². The molecule has 0 aliphatic rings. The number of para-hydroxylation sites is 1.